The maximum atomic E-state index is 10.9. The summed E-state index contributed by atoms with van der Waals surface area (Å²) in [5, 5.41) is 8.99. The molecule has 2 heterocycles. The van der Waals surface area contributed by atoms with Crippen molar-refractivity contribution in [2.24, 2.45) is 0 Å². The number of nitrogens with zero attached hydrogens (tertiary/aromatic N) is 2. The summed E-state index contributed by atoms with van der Waals surface area (Å²) in [5.41, 5.74) is 2.07. The van der Waals surface area contributed by atoms with Crippen molar-refractivity contribution in [2.45, 2.75) is 44.9 Å². The smallest absolute Gasteiger partial charge is 0.332 e. The Morgan fingerprint density at radius 2 is 2.25 bits per heavy atom. The second kappa shape index (κ2) is 5.25. The van der Waals surface area contributed by atoms with Crippen molar-refractivity contribution in [1.29, 1.82) is 0 Å². The fraction of sp³-hybridized carbons (Fsp3) is 0.467. The van der Waals surface area contributed by atoms with Crippen LogP contribution in [0.15, 0.2) is 24.3 Å². The minimum atomic E-state index is -0.862. The largest absolute Gasteiger partial charge is 0.479 e. The summed E-state index contributed by atoms with van der Waals surface area (Å²) in [4.78, 5) is 15.6. The molecule has 2 atom stereocenters. The maximum absolute atomic E-state index is 10.9. The number of benzene rings is 1. The van der Waals surface area contributed by atoms with E-state index in [1.807, 2.05) is 24.3 Å². The molecular formula is C15H18N2O3. The van der Waals surface area contributed by atoms with Crippen molar-refractivity contribution in [2.75, 3.05) is 0 Å². The first-order valence-corrected chi connectivity index (χ1v) is 7.01. The lowest BCUT2D eigenvalue weighted by Crippen LogP contribution is -2.23. The lowest BCUT2D eigenvalue weighted by atomic mass is 10.2. The first kappa shape index (κ1) is 13.1. The molecule has 20 heavy (non-hydrogen) atoms. The van der Waals surface area contributed by atoms with E-state index >= 15 is 0 Å². The summed E-state index contributed by atoms with van der Waals surface area (Å²) in [6.07, 6.45) is 1.53. The number of carbonyl (C=O) groups is 1. The van der Waals surface area contributed by atoms with E-state index in [9.17, 15) is 4.79 Å². The Labute approximate surface area is 117 Å². The van der Waals surface area contributed by atoms with Gasteiger partial charge < -0.3 is 14.4 Å². The molecule has 0 spiro atoms. The Balaban J connectivity index is 1.85. The van der Waals surface area contributed by atoms with Crippen LogP contribution in [0, 0.1) is 0 Å². The van der Waals surface area contributed by atoms with Crippen molar-refractivity contribution in [3.63, 3.8) is 0 Å². The number of rotatable bonds is 4. The molecule has 0 bridgehead atoms. The highest BCUT2D eigenvalue weighted by Gasteiger charge is 2.31. The van der Waals surface area contributed by atoms with Gasteiger partial charge in [-0.15, -0.1) is 0 Å². The average molecular weight is 274 g/mol. The van der Waals surface area contributed by atoms with Crippen LogP contribution < -0.4 is 0 Å². The van der Waals surface area contributed by atoms with Gasteiger partial charge in [-0.3, -0.25) is 0 Å². The minimum Gasteiger partial charge on any atom is -0.479 e. The molecule has 1 saturated heterocycles. The van der Waals surface area contributed by atoms with Crippen molar-refractivity contribution >= 4 is 17.0 Å². The van der Waals surface area contributed by atoms with E-state index in [4.69, 9.17) is 9.84 Å². The molecule has 0 amide bonds. The Bertz CT molecular complexity index is 635. The van der Waals surface area contributed by atoms with Gasteiger partial charge in [0.2, 0.25) is 0 Å². The zero-order valence-corrected chi connectivity index (χ0v) is 11.5. The van der Waals surface area contributed by atoms with Crippen LogP contribution in [0.3, 0.4) is 0 Å². The molecule has 1 fully saturated rings. The van der Waals surface area contributed by atoms with Gasteiger partial charge >= 0.3 is 5.97 Å². The summed E-state index contributed by atoms with van der Waals surface area (Å²) in [7, 11) is 0. The molecule has 0 radical (unpaired) electrons. The first-order valence-electron chi connectivity index (χ1n) is 7.01. The van der Waals surface area contributed by atoms with Crippen LogP contribution in [0.1, 0.15) is 25.6 Å². The number of hydrogen-bond donors (Lipinski definition) is 1. The number of fused-ring (bicyclic) bond motifs is 1. The fourth-order valence-corrected chi connectivity index (χ4v) is 2.82. The fourth-order valence-electron chi connectivity index (χ4n) is 2.82. The van der Waals surface area contributed by atoms with E-state index in [0.29, 0.717) is 13.0 Å². The topological polar surface area (TPSA) is 64.4 Å². The van der Waals surface area contributed by atoms with Crippen molar-refractivity contribution < 1.29 is 14.6 Å². The van der Waals surface area contributed by atoms with Crippen LogP contribution >= 0.6 is 0 Å². The standard InChI is InChI=1S/C15H18N2O3/c1-2-14-16-11-5-3-4-6-12(11)17(14)9-10-7-8-13(20-10)15(18)19/h3-6,10,13H,2,7-9H2,1H3,(H,18,19). The number of ether oxygens (including phenoxy) is 1. The summed E-state index contributed by atoms with van der Waals surface area (Å²) >= 11 is 0. The number of aromatic nitrogens is 2. The zero-order chi connectivity index (χ0) is 14.1. The maximum Gasteiger partial charge on any atom is 0.332 e. The average Bonchev–Trinajstić information content (AvgIpc) is 3.04. The first-order chi connectivity index (χ1) is 9.69. The van der Waals surface area contributed by atoms with Crippen LogP contribution in [-0.2, 0) is 22.5 Å². The van der Waals surface area contributed by atoms with Gasteiger partial charge in [0.15, 0.2) is 6.10 Å². The molecule has 1 aliphatic heterocycles. The quantitative estimate of drug-likeness (QED) is 0.928. The molecule has 1 N–H and O–H groups in total. The molecule has 0 aliphatic carbocycles. The molecule has 5 heteroatoms. The number of carboxylic acids is 1. The number of aryl methyl sites for hydroxylation is 1. The number of para-hydroxylation sites is 2. The SMILES string of the molecule is CCc1nc2ccccc2n1CC1CCC(C(=O)O)O1. The molecule has 5 nitrogen and oxygen atoms in total. The van der Waals surface area contributed by atoms with Crippen LogP contribution in [-0.4, -0.2) is 32.8 Å². The van der Waals surface area contributed by atoms with Crippen LogP contribution in [0.5, 0.6) is 0 Å². The van der Waals surface area contributed by atoms with Crippen LogP contribution in [0.25, 0.3) is 11.0 Å². The number of hydrogen-bond acceptors (Lipinski definition) is 3. The van der Waals surface area contributed by atoms with Gasteiger partial charge in [0.05, 0.1) is 23.7 Å². The predicted octanol–water partition coefficient (Wildman–Crippen LogP) is 2.23. The van der Waals surface area contributed by atoms with E-state index in [-0.39, 0.29) is 6.10 Å². The van der Waals surface area contributed by atoms with Gasteiger partial charge in [0.25, 0.3) is 0 Å². The number of aliphatic carboxylic acids is 1. The van der Waals surface area contributed by atoms with E-state index in [1.54, 1.807) is 0 Å². The normalized spacial score (nSPS) is 22.4. The van der Waals surface area contributed by atoms with E-state index in [0.717, 1.165) is 29.7 Å². The highest BCUT2D eigenvalue weighted by molar-refractivity contribution is 5.76. The van der Waals surface area contributed by atoms with Gasteiger partial charge in [-0.1, -0.05) is 19.1 Å². The van der Waals surface area contributed by atoms with Gasteiger partial charge in [0.1, 0.15) is 5.82 Å². The van der Waals surface area contributed by atoms with Gasteiger partial charge in [-0.2, -0.15) is 0 Å². The predicted molar refractivity (Wildman–Crippen MR) is 74.6 cm³/mol. The van der Waals surface area contributed by atoms with Crippen molar-refractivity contribution in [1.82, 2.24) is 9.55 Å². The monoisotopic (exact) mass is 274 g/mol. The van der Waals surface area contributed by atoms with Crippen molar-refractivity contribution in [3.05, 3.63) is 30.1 Å². The van der Waals surface area contributed by atoms with E-state index in [2.05, 4.69) is 16.5 Å². The Morgan fingerprint density at radius 1 is 1.45 bits per heavy atom. The molecule has 1 aromatic carbocycles. The van der Waals surface area contributed by atoms with Gasteiger partial charge in [-0.05, 0) is 25.0 Å². The molecule has 1 aromatic heterocycles. The molecule has 2 aromatic rings. The lowest BCUT2D eigenvalue weighted by Gasteiger charge is -2.14. The highest BCUT2D eigenvalue weighted by atomic mass is 16.5. The summed E-state index contributed by atoms with van der Waals surface area (Å²) < 4.78 is 7.75. The Kier molecular flexibility index (Phi) is 3.44. The molecule has 3 rings (SSSR count). The van der Waals surface area contributed by atoms with Crippen LogP contribution in [0.4, 0.5) is 0 Å². The molecular weight excluding hydrogens is 256 g/mol. The lowest BCUT2D eigenvalue weighted by molar-refractivity contribution is -0.149. The third-order valence-corrected chi connectivity index (χ3v) is 3.82. The molecule has 2 unspecified atom stereocenters. The molecule has 1 aliphatic rings. The van der Waals surface area contributed by atoms with Gasteiger partial charge in [0, 0.05) is 6.42 Å². The molecule has 106 valence electrons. The Hall–Kier alpha value is -1.88. The van der Waals surface area contributed by atoms with E-state index in [1.165, 1.54) is 0 Å². The summed E-state index contributed by atoms with van der Waals surface area (Å²) in [6, 6.07) is 8.02. The Morgan fingerprint density at radius 3 is 2.95 bits per heavy atom. The number of carboxylic acid groups (broad SMARTS) is 1. The second-order valence-electron chi connectivity index (χ2n) is 5.14. The number of imidazole rings is 1. The minimum absolute atomic E-state index is 0.0426. The third kappa shape index (κ3) is 2.29. The second-order valence-corrected chi connectivity index (χ2v) is 5.14. The van der Waals surface area contributed by atoms with Gasteiger partial charge in [-0.25, -0.2) is 9.78 Å². The highest BCUT2D eigenvalue weighted by Crippen LogP contribution is 2.24. The summed E-state index contributed by atoms with van der Waals surface area (Å²) in [5.74, 6) is 0.160. The zero-order valence-electron chi connectivity index (χ0n) is 11.5. The molecule has 0 saturated carbocycles. The summed E-state index contributed by atoms with van der Waals surface area (Å²) in [6.45, 7) is 2.75. The van der Waals surface area contributed by atoms with Crippen molar-refractivity contribution in [3.8, 4) is 0 Å². The van der Waals surface area contributed by atoms with E-state index < -0.39 is 12.1 Å². The third-order valence-electron chi connectivity index (χ3n) is 3.82. The van der Waals surface area contributed by atoms with Crippen LogP contribution in [0.2, 0.25) is 0 Å².